The maximum atomic E-state index is 12.6. The summed E-state index contributed by atoms with van der Waals surface area (Å²) in [6, 6.07) is 9.18. The van der Waals surface area contributed by atoms with Crippen LogP contribution < -0.4 is 5.73 Å². The van der Waals surface area contributed by atoms with E-state index in [0.717, 1.165) is 5.56 Å². The molecule has 0 radical (unpaired) electrons. The number of hydrogen-bond acceptors (Lipinski definition) is 3. The van der Waals surface area contributed by atoms with Gasteiger partial charge in [-0.2, -0.15) is 0 Å². The molecule has 1 heterocycles. The highest BCUT2D eigenvalue weighted by Crippen LogP contribution is 2.16. The van der Waals surface area contributed by atoms with Crippen LogP contribution in [0.5, 0.6) is 0 Å². The molecule has 1 amide bonds. The summed E-state index contributed by atoms with van der Waals surface area (Å²) in [6.45, 7) is 4.85. The fourth-order valence-corrected chi connectivity index (χ4v) is 2.33. The second-order valence-electron chi connectivity index (χ2n) is 4.85. The molecule has 0 aliphatic rings. The van der Waals surface area contributed by atoms with E-state index in [2.05, 4.69) is 4.98 Å². The van der Waals surface area contributed by atoms with Gasteiger partial charge in [-0.15, -0.1) is 0 Å². The number of hydrogen-bond donors (Lipinski definition) is 1. The van der Waals surface area contributed by atoms with Gasteiger partial charge in [-0.1, -0.05) is 23.7 Å². The van der Waals surface area contributed by atoms with Gasteiger partial charge in [0.05, 0.1) is 23.1 Å². The Kier molecular flexibility index (Phi) is 4.81. The molecule has 1 aromatic heterocycles. The molecule has 0 bridgehead atoms. The van der Waals surface area contributed by atoms with Crippen molar-refractivity contribution in [2.24, 2.45) is 0 Å². The second-order valence-corrected chi connectivity index (χ2v) is 5.29. The van der Waals surface area contributed by atoms with Crippen LogP contribution in [-0.2, 0) is 6.54 Å². The Bertz CT molecular complexity index is 658. The summed E-state index contributed by atoms with van der Waals surface area (Å²) >= 11 is 5.98. The van der Waals surface area contributed by atoms with Gasteiger partial charge in [0.25, 0.3) is 5.91 Å². The van der Waals surface area contributed by atoms with Crippen LogP contribution in [-0.4, -0.2) is 22.3 Å². The molecule has 21 heavy (non-hydrogen) atoms. The Balaban J connectivity index is 2.24. The van der Waals surface area contributed by atoms with Gasteiger partial charge in [0.1, 0.15) is 0 Å². The number of carbonyl (C=O) groups is 1. The number of nitrogens with zero attached hydrogens (tertiary/aromatic N) is 2. The number of aryl methyl sites for hydroxylation is 1. The molecule has 0 saturated carbocycles. The molecule has 5 heteroatoms. The first-order valence-electron chi connectivity index (χ1n) is 6.77. The number of nitrogens with two attached hydrogens (primary N) is 1. The van der Waals surface area contributed by atoms with Crippen molar-refractivity contribution in [1.82, 2.24) is 9.88 Å². The van der Waals surface area contributed by atoms with Crippen LogP contribution in [0.2, 0.25) is 5.02 Å². The third-order valence-corrected chi connectivity index (χ3v) is 3.50. The lowest BCUT2D eigenvalue weighted by Crippen LogP contribution is -2.31. The topological polar surface area (TPSA) is 59.2 Å². The number of halogens is 1. The smallest absolute Gasteiger partial charge is 0.256 e. The zero-order valence-electron chi connectivity index (χ0n) is 12.1. The van der Waals surface area contributed by atoms with Crippen molar-refractivity contribution in [3.63, 3.8) is 0 Å². The standard InChI is InChI=1S/C16H18ClN3O/c1-3-20(10-12-5-4-6-13(17)7-12)16(21)15-8-14(18)9-19-11(15)2/h4-9H,3,10,18H2,1-2H3. The fourth-order valence-electron chi connectivity index (χ4n) is 2.12. The molecule has 0 fully saturated rings. The third kappa shape index (κ3) is 3.73. The molecule has 1 aromatic carbocycles. The highest BCUT2D eigenvalue weighted by Gasteiger charge is 2.17. The van der Waals surface area contributed by atoms with E-state index in [-0.39, 0.29) is 5.91 Å². The second kappa shape index (κ2) is 6.59. The fraction of sp³-hybridized carbons (Fsp3) is 0.250. The predicted molar refractivity (Wildman–Crippen MR) is 85.3 cm³/mol. The molecule has 0 aliphatic heterocycles. The lowest BCUT2D eigenvalue weighted by Gasteiger charge is -2.22. The van der Waals surface area contributed by atoms with Gasteiger partial charge in [0, 0.05) is 18.1 Å². The van der Waals surface area contributed by atoms with E-state index in [0.29, 0.717) is 35.1 Å². The normalized spacial score (nSPS) is 10.4. The molecule has 2 rings (SSSR count). The maximum Gasteiger partial charge on any atom is 0.256 e. The Morgan fingerprint density at radius 1 is 1.38 bits per heavy atom. The molecule has 0 spiro atoms. The van der Waals surface area contributed by atoms with Gasteiger partial charge in [-0.3, -0.25) is 9.78 Å². The number of amides is 1. The van der Waals surface area contributed by atoms with Crippen LogP contribution in [0.3, 0.4) is 0 Å². The van der Waals surface area contributed by atoms with Crippen molar-refractivity contribution in [3.8, 4) is 0 Å². The van der Waals surface area contributed by atoms with Crippen LogP contribution in [0.15, 0.2) is 36.5 Å². The van der Waals surface area contributed by atoms with Crippen molar-refractivity contribution in [1.29, 1.82) is 0 Å². The molecule has 2 aromatic rings. The Morgan fingerprint density at radius 2 is 2.14 bits per heavy atom. The van der Waals surface area contributed by atoms with Crippen molar-refractivity contribution in [2.75, 3.05) is 12.3 Å². The summed E-state index contributed by atoms with van der Waals surface area (Å²) < 4.78 is 0. The van der Waals surface area contributed by atoms with Crippen LogP contribution in [0.4, 0.5) is 5.69 Å². The van der Waals surface area contributed by atoms with Gasteiger partial charge in [-0.05, 0) is 37.6 Å². The first-order chi connectivity index (χ1) is 10.0. The quantitative estimate of drug-likeness (QED) is 0.943. The Labute approximate surface area is 129 Å². The highest BCUT2D eigenvalue weighted by molar-refractivity contribution is 6.30. The minimum absolute atomic E-state index is 0.0743. The summed E-state index contributed by atoms with van der Waals surface area (Å²) in [5.74, 6) is -0.0743. The Morgan fingerprint density at radius 3 is 2.81 bits per heavy atom. The minimum atomic E-state index is -0.0743. The lowest BCUT2D eigenvalue weighted by molar-refractivity contribution is 0.0751. The number of carbonyl (C=O) groups excluding carboxylic acids is 1. The summed E-state index contributed by atoms with van der Waals surface area (Å²) in [7, 11) is 0. The largest absolute Gasteiger partial charge is 0.397 e. The zero-order chi connectivity index (χ0) is 15.4. The van der Waals surface area contributed by atoms with Crippen molar-refractivity contribution in [3.05, 3.63) is 58.4 Å². The Hall–Kier alpha value is -2.07. The van der Waals surface area contributed by atoms with Crippen molar-refractivity contribution in [2.45, 2.75) is 20.4 Å². The van der Waals surface area contributed by atoms with Gasteiger partial charge < -0.3 is 10.6 Å². The van der Waals surface area contributed by atoms with E-state index in [1.165, 1.54) is 0 Å². The molecular formula is C16H18ClN3O. The first-order valence-corrected chi connectivity index (χ1v) is 7.15. The average Bonchev–Trinajstić information content (AvgIpc) is 2.46. The average molecular weight is 304 g/mol. The van der Waals surface area contributed by atoms with Gasteiger partial charge in [-0.25, -0.2) is 0 Å². The number of aromatic nitrogens is 1. The molecule has 0 saturated heterocycles. The van der Waals surface area contributed by atoms with Gasteiger partial charge in [0.15, 0.2) is 0 Å². The number of pyridine rings is 1. The summed E-state index contributed by atoms with van der Waals surface area (Å²) in [4.78, 5) is 18.5. The van der Waals surface area contributed by atoms with Crippen LogP contribution >= 0.6 is 11.6 Å². The van der Waals surface area contributed by atoms with E-state index < -0.39 is 0 Å². The van der Waals surface area contributed by atoms with E-state index in [1.54, 1.807) is 24.1 Å². The van der Waals surface area contributed by atoms with Crippen molar-refractivity contribution < 1.29 is 4.79 Å². The number of benzene rings is 1. The van der Waals surface area contributed by atoms with E-state index in [1.807, 2.05) is 31.2 Å². The molecule has 0 atom stereocenters. The third-order valence-electron chi connectivity index (χ3n) is 3.27. The number of anilines is 1. The van der Waals surface area contributed by atoms with Gasteiger partial charge in [0.2, 0.25) is 0 Å². The first kappa shape index (κ1) is 15.3. The van der Waals surface area contributed by atoms with E-state index >= 15 is 0 Å². The van der Waals surface area contributed by atoms with Gasteiger partial charge >= 0.3 is 0 Å². The van der Waals surface area contributed by atoms with Crippen molar-refractivity contribution >= 4 is 23.2 Å². The monoisotopic (exact) mass is 303 g/mol. The molecule has 0 unspecified atom stereocenters. The van der Waals surface area contributed by atoms with Crippen LogP contribution in [0.25, 0.3) is 0 Å². The lowest BCUT2D eigenvalue weighted by atomic mass is 10.1. The SMILES string of the molecule is CCN(Cc1cccc(Cl)c1)C(=O)c1cc(N)cnc1C. The van der Waals surface area contributed by atoms with E-state index in [9.17, 15) is 4.79 Å². The highest BCUT2D eigenvalue weighted by atomic mass is 35.5. The maximum absolute atomic E-state index is 12.6. The number of nitrogen functional groups attached to an aromatic ring is 1. The zero-order valence-corrected chi connectivity index (χ0v) is 12.9. The minimum Gasteiger partial charge on any atom is -0.397 e. The summed E-state index contributed by atoms with van der Waals surface area (Å²) in [6.07, 6.45) is 1.55. The van der Waals surface area contributed by atoms with E-state index in [4.69, 9.17) is 17.3 Å². The molecule has 2 N–H and O–H groups in total. The number of rotatable bonds is 4. The molecule has 4 nitrogen and oxygen atoms in total. The van der Waals surface area contributed by atoms with Crippen LogP contribution in [0, 0.1) is 6.92 Å². The van der Waals surface area contributed by atoms with Crippen LogP contribution in [0.1, 0.15) is 28.5 Å². The summed E-state index contributed by atoms with van der Waals surface area (Å²) in [5, 5.41) is 0.665. The summed E-state index contributed by atoms with van der Waals surface area (Å²) in [5.41, 5.74) is 8.43. The molecule has 0 aliphatic carbocycles. The predicted octanol–water partition coefficient (Wildman–Crippen LogP) is 3.29. The molecule has 110 valence electrons. The molecular weight excluding hydrogens is 286 g/mol.